The van der Waals surface area contributed by atoms with Gasteiger partial charge in [-0.25, -0.2) is 17.6 Å². The molecule has 9 aromatic rings. The molecule has 44 heavy (non-hydrogen) atoms. The second kappa shape index (κ2) is 9.28. The smallest absolute Gasteiger partial charge is 0.177 e. The predicted octanol–water partition coefficient (Wildman–Crippen LogP) is 13.0. The molecule has 0 aliphatic heterocycles. The number of thiophene rings is 4. The first-order chi connectivity index (χ1) is 21.2. The number of hydrogen-bond acceptors (Lipinski definition) is 4. The summed E-state index contributed by atoms with van der Waals surface area (Å²) < 4.78 is 93.1. The molecule has 0 atom stereocenters. The first kappa shape index (κ1) is 26.4. The molecule has 0 radical (unpaired) electrons. The molecule has 0 unspecified atom stereocenters. The molecule has 0 fully saturated rings. The second-order valence-electron chi connectivity index (χ2n) is 10.6. The zero-order valence-electron chi connectivity index (χ0n) is 21.8. The molecule has 0 nitrogen and oxygen atoms in total. The topological polar surface area (TPSA) is 0 Å². The third-order valence-corrected chi connectivity index (χ3v) is 11.9. The minimum absolute atomic E-state index is 0.0570. The maximum Gasteiger partial charge on any atom is 0.177 e. The van der Waals surface area contributed by atoms with Gasteiger partial charge in [-0.15, -0.1) is 45.3 Å². The molecule has 4 heterocycles. The normalized spacial score (nSPS) is 12.3. The van der Waals surface area contributed by atoms with Crippen molar-refractivity contribution in [1.29, 1.82) is 0 Å². The SMILES string of the molecule is Fc1cc2cc3cc4sc(-c5c(F)c(F)c(-c6cc7cc8cc9sc(F)cc9cc8cc7s6)c(F)c5F)cc4cc3cc2s1. The van der Waals surface area contributed by atoms with E-state index in [9.17, 15) is 8.78 Å². The van der Waals surface area contributed by atoms with Crippen LogP contribution in [0.4, 0.5) is 26.3 Å². The van der Waals surface area contributed by atoms with Crippen LogP contribution in [0, 0.1) is 33.5 Å². The van der Waals surface area contributed by atoms with Gasteiger partial charge in [-0.2, -0.15) is 8.78 Å². The van der Waals surface area contributed by atoms with Crippen LogP contribution >= 0.6 is 45.3 Å². The highest BCUT2D eigenvalue weighted by molar-refractivity contribution is 7.23. The first-order valence-corrected chi connectivity index (χ1v) is 16.5. The lowest BCUT2D eigenvalue weighted by Gasteiger charge is -2.10. The van der Waals surface area contributed by atoms with E-state index >= 15 is 17.6 Å². The fraction of sp³-hybridized carbons (Fsp3) is 0. The fourth-order valence-electron chi connectivity index (χ4n) is 5.89. The van der Waals surface area contributed by atoms with Crippen molar-refractivity contribution in [1.82, 2.24) is 0 Å². The maximum absolute atomic E-state index is 15.7. The number of benzene rings is 5. The quantitative estimate of drug-likeness (QED) is 0.128. The Morgan fingerprint density at radius 1 is 0.295 bits per heavy atom. The van der Waals surface area contributed by atoms with E-state index in [1.807, 2.05) is 48.5 Å². The largest absolute Gasteiger partial charge is 0.203 e. The van der Waals surface area contributed by atoms with Crippen molar-refractivity contribution in [2.45, 2.75) is 0 Å². The molecule has 0 spiro atoms. The van der Waals surface area contributed by atoms with Gasteiger partial charge < -0.3 is 0 Å². The Labute approximate surface area is 259 Å². The molecule has 5 aromatic carbocycles. The summed E-state index contributed by atoms with van der Waals surface area (Å²) in [5.41, 5.74) is -1.51. The Bertz CT molecular complexity index is 2340. The molecular formula is C34H12F6S4. The summed E-state index contributed by atoms with van der Waals surface area (Å²) in [5, 5.41) is 5.47. The van der Waals surface area contributed by atoms with Gasteiger partial charge in [0.2, 0.25) is 0 Å². The van der Waals surface area contributed by atoms with E-state index in [0.717, 1.165) is 87.1 Å². The molecule has 0 aliphatic rings. The predicted molar refractivity (Wildman–Crippen MR) is 174 cm³/mol. The maximum atomic E-state index is 15.7. The highest BCUT2D eigenvalue weighted by Gasteiger charge is 2.29. The lowest BCUT2D eigenvalue weighted by Crippen LogP contribution is -2.02. The fourth-order valence-corrected chi connectivity index (χ4v) is 9.78. The average Bonchev–Trinajstić information content (AvgIpc) is 3.74. The van der Waals surface area contributed by atoms with Gasteiger partial charge in [0.05, 0.1) is 11.1 Å². The van der Waals surface area contributed by atoms with Crippen molar-refractivity contribution in [2.24, 2.45) is 0 Å². The van der Waals surface area contributed by atoms with Gasteiger partial charge in [0.1, 0.15) is 0 Å². The number of hydrogen-bond donors (Lipinski definition) is 0. The van der Waals surface area contributed by atoms with E-state index in [4.69, 9.17) is 0 Å². The van der Waals surface area contributed by atoms with Gasteiger partial charge in [-0.1, -0.05) is 0 Å². The van der Waals surface area contributed by atoms with Crippen molar-refractivity contribution < 1.29 is 26.3 Å². The summed E-state index contributed by atoms with van der Waals surface area (Å²) in [5.74, 6) is -5.85. The lowest BCUT2D eigenvalue weighted by molar-refractivity contribution is 0.463. The molecule has 0 saturated heterocycles. The summed E-state index contributed by atoms with van der Waals surface area (Å²) in [4.78, 5) is 0.114. The minimum Gasteiger partial charge on any atom is -0.203 e. The summed E-state index contributed by atoms with van der Waals surface area (Å²) in [6, 6.07) is 20.6. The van der Waals surface area contributed by atoms with Crippen LogP contribution in [0.2, 0.25) is 0 Å². The van der Waals surface area contributed by atoms with Crippen LogP contribution < -0.4 is 0 Å². The van der Waals surface area contributed by atoms with Crippen LogP contribution in [-0.2, 0) is 0 Å². The van der Waals surface area contributed by atoms with Crippen molar-refractivity contribution in [2.75, 3.05) is 0 Å². The van der Waals surface area contributed by atoms with Crippen molar-refractivity contribution in [3.63, 3.8) is 0 Å². The summed E-state index contributed by atoms with van der Waals surface area (Å²) in [7, 11) is 0. The van der Waals surface area contributed by atoms with E-state index in [1.54, 1.807) is 0 Å². The Morgan fingerprint density at radius 3 is 0.932 bits per heavy atom. The second-order valence-corrected chi connectivity index (χ2v) is 14.8. The van der Waals surface area contributed by atoms with E-state index < -0.39 is 34.4 Å². The van der Waals surface area contributed by atoms with Crippen LogP contribution in [0.3, 0.4) is 0 Å². The Balaban J connectivity index is 1.17. The molecule has 0 aliphatic carbocycles. The summed E-state index contributed by atoms with van der Waals surface area (Å²) in [6.07, 6.45) is 0. The van der Waals surface area contributed by atoms with Crippen molar-refractivity contribution >= 4 is 107 Å². The van der Waals surface area contributed by atoms with Crippen LogP contribution in [0.15, 0.2) is 72.8 Å². The third kappa shape index (κ3) is 3.88. The average molecular weight is 663 g/mol. The molecule has 0 bridgehead atoms. The Kier molecular flexibility index (Phi) is 5.57. The molecule has 0 saturated carbocycles. The van der Waals surface area contributed by atoms with E-state index in [0.29, 0.717) is 20.2 Å². The highest BCUT2D eigenvalue weighted by atomic mass is 32.1. The zero-order valence-corrected chi connectivity index (χ0v) is 25.1. The van der Waals surface area contributed by atoms with Gasteiger partial charge in [0, 0.05) is 28.6 Å². The molecule has 9 rings (SSSR count). The van der Waals surface area contributed by atoms with Crippen LogP contribution in [0.5, 0.6) is 0 Å². The van der Waals surface area contributed by atoms with Gasteiger partial charge >= 0.3 is 0 Å². The molecule has 0 amide bonds. The van der Waals surface area contributed by atoms with Crippen LogP contribution in [0.25, 0.3) is 82.8 Å². The Hall–Kier alpha value is -3.96. The number of halogens is 6. The van der Waals surface area contributed by atoms with Crippen LogP contribution in [0.1, 0.15) is 0 Å². The van der Waals surface area contributed by atoms with Crippen molar-refractivity contribution in [3.8, 4) is 20.9 Å². The highest BCUT2D eigenvalue weighted by Crippen LogP contribution is 2.45. The van der Waals surface area contributed by atoms with Gasteiger partial charge in [-0.05, 0) is 116 Å². The number of fused-ring (bicyclic) bond motifs is 6. The van der Waals surface area contributed by atoms with E-state index in [-0.39, 0.29) is 20.0 Å². The van der Waals surface area contributed by atoms with Crippen molar-refractivity contribution in [3.05, 3.63) is 106 Å². The molecule has 0 N–H and O–H groups in total. The lowest BCUT2D eigenvalue weighted by atomic mass is 10.0. The van der Waals surface area contributed by atoms with Gasteiger partial charge in [0.15, 0.2) is 33.5 Å². The Morgan fingerprint density at radius 2 is 0.591 bits per heavy atom. The van der Waals surface area contributed by atoms with E-state index in [2.05, 4.69) is 0 Å². The molecule has 214 valence electrons. The summed E-state index contributed by atoms with van der Waals surface area (Å²) >= 11 is 4.10. The summed E-state index contributed by atoms with van der Waals surface area (Å²) in [6.45, 7) is 0. The van der Waals surface area contributed by atoms with Gasteiger partial charge in [0.25, 0.3) is 0 Å². The third-order valence-electron chi connectivity index (χ3n) is 7.92. The monoisotopic (exact) mass is 662 g/mol. The minimum atomic E-state index is -1.46. The standard InChI is InChI=1S/C34H12F6S4/c35-27-11-19-3-15-5-21-17(1-13(15)7-23(19)43-27)9-25(41-21)29-31(37)33(39)30(34(40)32(29)38)26-10-18-2-14-8-24-20(12-28(36)44-24)4-16(14)6-22(18)42-26/h1-12H. The van der Waals surface area contributed by atoms with Crippen LogP contribution in [-0.4, -0.2) is 0 Å². The van der Waals surface area contributed by atoms with E-state index in [1.165, 1.54) is 24.3 Å². The molecule has 10 heteroatoms. The number of rotatable bonds is 2. The first-order valence-electron chi connectivity index (χ1n) is 13.2. The molecule has 4 aromatic heterocycles. The molecular weight excluding hydrogens is 651 g/mol. The zero-order chi connectivity index (χ0) is 30.0. The van der Waals surface area contributed by atoms with Gasteiger partial charge in [-0.3, -0.25) is 0 Å².